The molecule has 0 heterocycles. The minimum atomic E-state index is -1.20. The Hall–Kier alpha value is -1.36. The van der Waals surface area contributed by atoms with E-state index in [1.165, 1.54) is 12.8 Å². The van der Waals surface area contributed by atoms with Crippen molar-refractivity contribution in [3.63, 3.8) is 0 Å². The van der Waals surface area contributed by atoms with Gasteiger partial charge >= 0.3 is 5.97 Å². The molecule has 21 heavy (non-hydrogen) atoms. The molecule has 0 amide bonds. The van der Waals surface area contributed by atoms with Gasteiger partial charge in [-0.3, -0.25) is 4.79 Å². The van der Waals surface area contributed by atoms with Crippen molar-refractivity contribution in [1.29, 1.82) is 0 Å². The van der Waals surface area contributed by atoms with Gasteiger partial charge in [-0.05, 0) is 12.8 Å². The van der Waals surface area contributed by atoms with E-state index in [0.29, 0.717) is 11.0 Å². The fourth-order valence-electron chi connectivity index (χ4n) is 1.98. The first-order valence-corrected chi connectivity index (χ1v) is 7.59. The van der Waals surface area contributed by atoms with E-state index in [-0.39, 0.29) is 18.8 Å². The molecule has 0 aliphatic heterocycles. The zero-order valence-electron chi connectivity index (χ0n) is 13.8. The van der Waals surface area contributed by atoms with Crippen LogP contribution in [-0.4, -0.2) is 50.2 Å². The van der Waals surface area contributed by atoms with Gasteiger partial charge in [-0.2, -0.15) is 0 Å². The van der Waals surface area contributed by atoms with Gasteiger partial charge in [0.05, 0.1) is 27.6 Å². The molecule has 0 saturated heterocycles. The molecule has 0 aromatic heterocycles. The summed E-state index contributed by atoms with van der Waals surface area (Å²) >= 11 is 0. The summed E-state index contributed by atoms with van der Waals surface area (Å²) in [5.41, 5.74) is 0. The molecule has 0 aromatic rings. The topological polar surface area (TPSA) is 66.4 Å². The summed E-state index contributed by atoms with van der Waals surface area (Å²) in [4.78, 5) is 22.4. The molecule has 0 radical (unpaired) electrons. The number of esters is 1. The lowest BCUT2D eigenvalue weighted by Gasteiger charge is -2.29. The molecule has 1 unspecified atom stereocenters. The van der Waals surface area contributed by atoms with Crippen molar-refractivity contribution in [1.82, 2.24) is 0 Å². The molecule has 0 spiro atoms. The van der Waals surface area contributed by atoms with E-state index < -0.39 is 12.1 Å². The van der Waals surface area contributed by atoms with Gasteiger partial charge in [-0.1, -0.05) is 31.9 Å². The molecular weight excluding hydrogens is 270 g/mol. The summed E-state index contributed by atoms with van der Waals surface area (Å²) in [5.74, 6) is -1.59. The van der Waals surface area contributed by atoms with Gasteiger partial charge in [-0.25, -0.2) is 0 Å². The molecule has 5 nitrogen and oxygen atoms in total. The van der Waals surface area contributed by atoms with Crippen LogP contribution in [0.3, 0.4) is 0 Å². The lowest BCUT2D eigenvalue weighted by molar-refractivity contribution is -0.873. The van der Waals surface area contributed by atoms with Gasteiger partial charge in [0.1, 0.15) is 6.54 Å². The average molecular weight is 299 g/mol. The second-order valence-electron chi connectivity index (χ2n) is 6.33. The van der Waals surface area contributed by atoms with Gasteiger partial charge < -0.3 is 19.1 Å². The summed E-state index contributed by atoms with van der Waals surface area (Å²) in [5, 5.41) is 10.7. The summed E-state index contributed by atoms with van der Waals surface area (Å²) in [6.45, 7) is 2.59. The fraction of sp³-hybridized carbons (Fsp3) is 0.750. The van der Waals surface area contributed by atoms with E-state index in [1.807, 2.05) is 27.2 Å². The molecule has 5 heteroatoms. The van der Waals surface area contributed by atoms with Crippen molar-refractivity contribution in [3.8, 4) is 0 Å². The zero-order valence-corrected chi connectivity index (χ0v) is 13.8. The van der Waals surface area contributed by atoms with Gasteiger partial charge in [0.25, 0.3) is 0 Å². The van der Waals surface area contributed by atoms with Crippen molar-refractivity contribution in [2.75, 3.05) is 27.7 Å². The number of rotatable bonds is 11. The molecule has 0 saturated carbocycles. The number of ether oxygens (including phenoxy) is 1. The molecule has 0 aliphatic rings. The third kappa shape index (κ3) is 13.4. The van der Waals surface area contributed by atoms with Gasteiger partial charge in [0.2, 0.25) is 0 Å². The normalized spacial score (nSPS) is 13.3. The highest BCUT2D eigenvalue weighted by Gasteiger charge is 2.21. The Bertz CT molecular complexity index is 345. The first-order valence-electron chi connectivity index (χ1n) is 7.59. The number of carboxylic acid groups (broad SMARTS) is 1. The number of carboxylic acids is 1. The summed E-state index contributed by atoms with van der Waals surface area (Å²) in [6, 6.07) is 0. The van der Waals surface area contributed by atoms with E-state index in [1.54, 1.807) is 6.08 Å². The van der Waals surface area contributed by atoms with Gasteiger partial charge in [0.15, 0.2) is 6.10 Å². The highest BCUT2D eigenvalue weighted by atomic mass is 16.5. The lowest BCUT2D eigenvalue weighted by Crippen LogP contribution is -2.45. The monoisotopic (exact) mass is 299 g/mol. The van der Waals surface area contributed by atoms with Crippen LogP contribution >= 0.6 is 0 Å². The Labute approximate surface area is 128 Å². The van der Waals surface area contributed by atoms with E-state index in [4.69, 9.17) is 4.74 Å². The minimum Gasteiger partial charge on any atom is -0.550 e. The number of carbonyl (C=O) groups is 2. The van der Waals surface area contributed by atoms with Crippen LogP contribution in [0.4, 0.5) is 0 Å². The minimum absolute atomic E-state index is 0.187. The number of aliphatic carboxylic acids is 1. The third-order valence-corrected chi connectivity index (χ3v) is 2.87. The van der Waals surface area contributed by atoms with Crippen molar-refractivity contribution >= 4 is 11.9 Å². The molecule has 0 fully saturated rings. The van der Waals surface area contributed by atoms with Crippen molar-refractivity contribution in [2.45, 2.75) is 51.6 Å². The number of carbonyl (C=O) groups excluding carboxylic acids is 2. The summed E-state index contributed by atoms with van der Waals surface area (Å²) < 4.78 is 5.76. The maximum Gasteiger partial charge on any atom is 0.310 e. The largest absolute Gasteiger partial charge is 0.550 e. The Balaban J connectivity index is 4.18. The third-order valence-electron chi connectivity index (χ3n) is 2.87. The number of hydrogen-bond donors (Lipinski definition) is 0. The predicted octanol–water partition coefficient (Wildman–Crippen LogP) is 1.27. The second kappa shape index (κ2) is 10.4. The molecular formula is C16H29NO4. The first kappa shape index (κ1) is 19.6. The lowest BCUT2D eigenvalue weighted by atomic mass is 10.2. The summed E-state index contributed by atoms with van der Waals surface area (Å²) in [7, 11) is 5.76. The predicted molar refractivity (Wildman–Crippen MR) is 80.3 cm³/mol. The highest BCUT2D eigenvalue weighted by Crippen LogP contribution is 2.07. The first-order chi connectivity index (χ1) is 9.74. The van der Waals surface area contributed by atoms with Crippen LogP contribution in [0.1, 0.15) is 45.4 Å². The van der Waals surface area contributed by atoms with Crippen LogP contribution in [0.15, 0.2) is 12.2 Å². The maximum absolute atomic E-state index is 11.7. The Morgan fingerprint density at radius 2 is 1.86 bits per heavy atom. The quantitative estimate of drug-likeness (QED) is 0.249. The Kier molecular flexibility index (Phi) is 9.71. The van der Waals surface area contributed by atoms with Crippen LogP contribution in [0.5, 0.6) is 0 Å². The number of unbranched alkanes of at least 4 members (excludes halogenated alkanes) is 3. The second-order valence-corrected chi connectivity index (χ2v) is 6.33. The van der Waals surface area contributed by atoms with Crippen LogP contribution in [-0.2, 0) is 14.3 Å². The Morgan fingerprint density at radius 1 is 1.19 bits per heavy atom. The number of hydrogen-bond acceptors (Lipinski definition) is 4. The standard InChI is InChI=1S/C16H29NO4/c1-5-6-7-8-9-10-11-16(20)21-14(12-15(18)19)13-17(2,3)4/h9-10,14H,5-8,11-13H2,1-4H3/b10-9+. The fourth-order valence-corrected chi connectivity index (χ4v) is 1.98. The molecule has 0 rings (SSSR count). The van der Waals surface area contributed by atoms with Crippen molar-refractivity contribution in [2.24, 2.45) is 0 Å². The molecule has 0 bridgehead atoms. The number of nitrogens with zero attached hydrogens (tertiary/aromatic N) is 1. The maximum atomic E-state index is 11.7. The van der Waals surface area contributed by atoms with E-state index in [0.717, 1.165) is 12.8 Å². The van der Waals surface area contributed by atoms with Crippen LogP contribution in [0, 0.1) is 0 Å². The van der Waals surface area contributed by atoms with Crippen LogP contribution in [0.25, 0.3) is 0 Å². The van der Waals surface area contributed by atoms with E-state index in [9.17, 15) is 14.7 Å². The number of likely N-dealkylation sites (N-methyl/N-ethyl adjacent to an activating group) is 1. The number of quaternary nitrogens is 1. The highest BCUT2D eigenvalue weighted by molar-refractivity contribution is 5.72. The van der Waals surface area contributed by atoms with Crippen LogP contribution in [0.2, 0.25) is 0 Å². The number of allylic oxidation sites excluding steroid dienone is 1. The Morgan fingerprint density at radius 3 is 2.38 bits per heavy atom. The molecule has 0 aromatic carbocycles. The summed E-state index contributed by atoms with van der Waals surface area (Å²) in [6.07, 6.45) is 7.49. The van der Waals surface area contributed by atoms with Crippen molar-refractivity contribution in [3.05, 3.63) is 12.2 Å². The molecule has 1 atom stereocenters. The van der Waals surface area contributed by atoms with E-state index >= 15 is 0 Å². The SMILES string of the molecule is CCCCC/C=C/CC(=O)OC(CC(=O)[O-])C[N+](C)(C)C. The zero-order chi connectivity index (χ0) is 16.3. The van der Waals surface area contributed by atoms with Gasteiger partial charge in [-0.15, -0.1) is 0 Å². The molecule has 122 valence electrons. The van der Waals surface area contributed by atoms with Gasteiger partial charge in [0, 0.05) is 12.4 Å². The molecule has 0 aliphatic carbocycles. The van der Waals surface area contributed by atoms with E-state index in [2.05, 4.69) is 6.92 Å². The molecule has 0 N–H and O–H groups in total. The van der Waals surface area contributed by atoms with Crippen molar-refractivity contribution < 1.29 is 23.9 Å². The van der Waals surface area contributed by atoms with Crippen LogP contribution < -0.4 is 5.11 Å². The average Bonchev–Trinajstić information content (AvgIpc) is 2.30. The smallest absolute Gasteiger partial charge is 0.310 e.